The highest BCUT2D eigenvalue weighted by Crippen LogP contribution is 2.27. The number of benzene rings is 2. The van der Waals surface area contributed by atoms with Crippen LogP contribution in [0, 0.1) is 11.7 Å². The Morgan fingerprint density at radius 1 is 1.14 bits per heavy atom. The van der Waals surface area contributed by atoms with E-state index in [1.165, 1.54) is 12.1 Å². The van der Waals surface area contributed by atoms with Crippen molar-refractivity contribution in [3.05, 3.63) is 65.5 Å². The molecule has 2 heterocycles. The van der Waals surface area contributed by atoms with E-state index < -0.39 is 11.6 Å². The van der Waals surface area contributed by atoms with Crippen LogP contribution in [0.15, 0.2) is 48.5 Å². The molecule has 2 aliphatic rings. The molecule has 2 aromatic carbocycles. The number of nitrogens with one attached hydrogen (secondary N) is 1. The largest absolute Gasteiger partial charge is 0.462 e. The molecule has 8 heteroatoms. The monoisotopic (exact) mass is 497 g/mol. The molecule has 1 atom stereocenters. The first-order chi connectivity index (χ1) is 17.3. The van der Waals surface area contributed by atoms with E-state index >= 15 is 0 Å². The van der Waals surface area contributed by atoms with Crippen LogP contribution in [0.25, 0.3) is 0 Å². The average molecular weight is 498 g/mol. The van der Waals surface area contributed by atoms with Gasteiger partial charge in [0.05, 0.1) is 24.3 Å². The molecule has 0 aliphatic carbocycles. The van der Waals surface area contributed by atoms with E-state index in [9.17, 15) is 19.1 Å². The Hall–Kier alpha value is -2.97. The molecule has 0 aromatic heterocycles. The van der Waals surface area contributed by atoms with Crippen LogP contribution in [-0.4, -0.2) is 71.8 Å². The van der Waals surface area contributed by atoms with Crippen LogP contribution in [0.5, 0.6) is 0 Å². The number of anilines is 1. The van der Waals surface area contributed by atoms with Crippen molar-refractivity contribution in [1.82, 2.24) is 9.80 Å². The number of aliphatic hydroxyl groups is 1. The zero-order valence-electron chi connectivity index (χ0n) is 20.9. The minimum atomic E-state index is -0.952. The lowest BCUT2D eigenvalue weighted by atomic mass is 9.88. The summed E-state index contributed by atoms with van der Waals surface area (Å²) in [6.07, 6.45) is 4.41. The van der Waals surface area contributed by atoms with Crippen LogP contribution in [0.2, 0.25) is 0 Å². The van der Waals surface area contributed by atoms with Gasteiger partial charge in [0.15, 0.2) is 0 Å². The Labute approximate surface area is 212 Å². The van der Waals surface area contributed by atoms with E-state index in [1.807, 2.05) is 12.1 Å². The highest BCUT2D eigenvalue weighted by atomic mass is 19.1. The summed E-state index contributed by atoms with van der Waals surface area (Å²) in [7, 11) is 0. The molecule has 2 N–H and O–H groups in total. The number of nitrogens with zero attached hydrogens (tertiary/aromatic N) is 2. The molecule has 2 saturated heterocycles. The summed E-state index contributed by atoms with van der Waals surface area (Å²) in [5, 5.41) is 14.2. The fourth-order valence-corrected chi connectivity index (χ4v) is 5.27. The Bertz CT molecular complexity index is 1040. The second-order valence-electron chi connectivity index (χ2n) is 10.0. The lowest BCUT2D eigenvalue weighted by molar-refractivity contribution is -0.0469. The Morgan fingerprint density at radius 2 is 1.89 bits per heavy atom. The Kier molecular flexibility index (Phi) is 8.59. The van der Waals surface area contributed by atoms with Gasteiger partial charge in [0, 0.05) is 18.8 Å². The maximum atomic E-state index is 13.2. The summed E-state index contributed by atoms with van der Waals surface area (Å²) < 4.78 is 18.2. The maximum Gasteiger partial charge on any atom is 0.338 e. The smallest absolute Gasteiger partial charge is 0.338 e. The normalized spacial score (nSPS) is 21.2. The van der Waals surface area contributed by atoms with Crippen LogP contribution in [0.4, 0.5) is 14.9 Å². The molecule has 1 unspecified atom stereocenters. The van der Waals surface area contributed by atoms with Gasteiger partial charge in [-0.1, -0.05) is 18.2 Å². The second-order valence-corrected chi connectivity index (χ2v) is 10.0. The van der Waals surface area contributed by atoms with Gasteiger partial charge >= 0.3 is 12.0 Å². The van der Waals surface area contributed by atoms with Gasteiger partial charge in [0.1, 0.15) is 5.82 Å². The van der Waals surface area contributed by atoms with Crippen molar-refractivity contribution >= 4 is 17.7 Å². The highest BCUT2D eigenvalue weighted by Gasteiger charge is 2.37. The van der Waals surface area contributed by atoms with Gasteiger partial charge in [0.25, 0.3) is 0 Å². The van der Waals surface area contributed by atoms with Crippen molar-refractivity contribution in [2.45, 2.75) is 44.6 Å². The number of piperidine rings is 2. The van der Waals surface area contributed by atoms with Gasteiger partial charge in [-0.3, -0.25) is 0 Å². The van der Waals surface area contributed by atoms with Crippen molar-refractivity contribution in [3.8, 4) is 0 Å². The number of halogens is 1. The molecular weight excluding hydrogens is 461 g/mol. The molecule has 2 aliphatic heterocycles. The molecule has 2 amide bonds. The van der Waals surface area contributed by atoms with Gasteiger partial charge < -0.3 is 25.0 Å². The third kappa shape index (κ3) is 7.04. The number of rotatable bonds is 7. The summed E-state index contributed by atoms with van der Waals surface area (Å²) >= 11 is 0. The van der Waals surface area contributed by atoms with Crippen molar-refractivity contribution in [3.63, 3.8) is 0 Å². The molecule has 2 fully saturated rings. The van der Waals surface area contributed by atoms with Crippen LogP contribution < -0.4 is 5.32 Å². The number of carbonyl (C=O) groups is 2. The zero-order chi connectivity index (χ0) is 25.5. The Balaban J connectivity index is 1.27. The zero-order valence-corrected chi connectivity index (χ0v) is 20.9. The summed E-state index contributed by atoms with van der Waals surface area (Å²) in [4.78, 5) is 28.9. The number of urea groups is 1. The SMILES string of the molecule is CCOC(=O)c1cccc(NC(=O)N2CCCC(O)(CN3CCC(Cc4ccc(F)cc4)CC3)C2)c1. The van der Waals surface area contributed by atoms with Crippen LogP contribution in [0.3, 0.4) is 0 Å². The van der Waals surface area contributed by atoms with E-state index in [1.54, 1.807) is 36.1 Å². The first-order valence-corrected chi connectivity index (χ1v) is 12.9. The first-order valence-electron chi connectivity index (χ1n) is 12.9. The van der Waals surface area contributed by atoms with Crippen molar-refractivity contribution in [1.29, 1.82) is 0 Å². The third-order valence-electron chi connectivity index (χ3n) is 7.13. The van der Waals surface area contributed by atoms with Gasteiger partial charge in [-0.05, 0) is 93.9 Å². The average Bonchev–Trinajstić information content (AvgIpc) is 2.87. The number of hydrogen-bond acceptors (Lipinski definition) is 5. The minimum absolute atomic E-state index is 0.206. The highest BCUT2D eigenvalue weighted by molar-refractivity contribution is 5.94. The molecular formula is C28H36FN3O4. The molecule has 0 saturated carbocycles. The van der Waals surface area contributed by atoms with Crippen LogP contribution >= 0.6 is 0 Å². The van der Waals surface area contributed by atoms with Gasteiger partial charge in [-0.2, -0.15) is 0 Å². The quantitative estimate of drug-likeness (QED) is 0.557. The van der Waals surface area contributed by atoms with Crippen molar-refractivity contribution in [2.24, 2.45) is 5.92 Å². The third-order valence-corrected chi connectivity index (χ3v) is 7.13. The van der Waals surface area contributed by atoms with E-state index in [0.717, 1.165) is 44.3 Å². The number of esters is 1. The number of likely N-dealkylation sites (tertiary alicyclic amines) is 2. The number of hydrogen-bond donors (Lipinski definition) is 2. The van der Waals surface area contributed by atoms with Gasteiger partial charge in [0.2, 0.25) is 0 Å². The second kappa shape index (κ2) is 11.8. The maximum absolute atomic E-state index is 13.2. The fraction of sp³-hybridized carbons (Fsp3) is 0.500. The molecule has 0 bridgehead atoms. The molecule has 0 radical (unpaired) electrons. The summed E-state index contributed by atoms with van der Waals surface area (Å²) in [6, 6.07) is 13.1. The predicted molar refractivity (Wildman–Crippen MR) is 136 cm³/mol. The molecule has 4 rings (SSSR count). The van der Waals surface area contributed by atoms with E-state index in [2.05, 4.69) is 10.2 Å². The van der Waals surface area contributed by atoms with Crippen LogP contribution in [-0.2, 0) is 11.2 Å². The molecule has 7 nitrogen and oxygen atoms in total. The lowest BCUT2D eigenvalue weighted by Crippen LogP contribution is -2.57. The topological polar surface area (TPSA) is 82.1 Å². The lowest BCUT2D eigenvalue weighted by Gasteiger charge is -2.43. The molecule has 194 valence electrons. The standard InChI is InChI=1S/C28H36FN3O4/c1-2-36-26(33)23-5-3-6-25(18-23)30-27(34)32-14-4-13-28(35,20-32)19-31-15-11-22(12-16-31)17-21-7-9-24(29)10-8-21/h3,5-10,18,22,35H,2,4,11-17,19-20H2,1H3,(H,30,34). The molecule has 0 spiro atoms. The van der Waals surface area contributed by atoms with E-state index in [-0.39, 0.29) is 25.0 Å². The van der Waals surface area contributed by atoms with Crippen LogP contribution in [0.1, 0.15) is 48.5 Å². The predicted octanol–water partition coefficient (Wildman–Crippen LogP) is 4.32. The number of β-amino-alcohol motifs (C(OH)–C–C–N with tert-alkyl or cyclic N) is 1. The Morgan fingerprint density at radius 3 is 2.61 bits per heavy atom. The number of amides is 2. The molecule has 2 aromatic rings. The number of ether oxygens (including phenoxy) is 1. The van der Waals surface area contributed by atoms with E-state index in [4.69, 9.17) is 4.74 Å². The van der Waals surface area contributed by atoms with E-state index in [0.29, 0.717) is 36.7 Å². The summed E-state index contributed by atoms with van der Waals surface area (Å²) in [6.45, 7) is 5.22. The first kappa shape index (κ1) is 26.1. The summed E-state index contributed by atoms with van der Waals surface area (Å²) in [5.74, 6) is -0.0787. The molecule has 36 heavy (non-hydrogen) atoms. The summed E-state index contributed by atoms with van der Waals surface area (Å²) in [5.41, 5.74) is 1.11. The number of carbonyl (C=O) groups excluding carboxylic acids is 2. The minimum Gasteiger partial charge on any atom is -0.462 e. The van der Waals surface area contributed by atoms with Gasteiger partial charge in [-0.25, -0.2) is 14.0 Å². The fourth-order valence-electron chi connectivity index (χ4n) is 5.27. The van der Waals surface area contributed by atoms with Crippen molar-refractivity contribution < 1.29 is 23.8 Å². The van der Waals surface area contributed by atoms with Crippen molar-refractivity contribution in [2.75, 3.05) is 44.6 Å². The van der Waals surface area contributed by atoms with Gasteiger partial charge in [-0.15, -0.1) is 0 Å².